The second-order valence-electron chi connectivity index (χ2n) is 9.26. The molecule has 1 atom stereocenters. The molecule has 0 aliphatic heterocycles. The molecule has 0 bridgehead atoms. The van der Waals surface area contributed by atoms with Gasteiger partial charge in [0.25, 0.3) is 0 Å². The Morgan fingerprint density at radius 1 is 0.686 bits per heavy atom. The van der Waals surface area contributed by atoms with E-state index in [1.807, 2.05) is 0 Å². The minimum atomic E-state index is -0.988. The SMILES string of the molecule is CC(C)CCC=CC(=O)O.CC(C)CCC=CC(=O)O.CC(C)CCC=CC(=O)OCC(O)CO. The van der Waals surface area contributed by atoms with Gasteiger partial charge in [-0.25, -0.2) is 14.4 Å². The van der Waals surface area contributed by atoms with Crippen molar-refractivity contribution in [3.63, 3.8) is 0 Å². The molecule has 0 aromatic rings. The molecule has 0 radical (unpaired) electrons. The van der Waals surface area contributed by atoms with Gasteiger partial charge >= 0.3 is 17.9 Å². The van der Waals surface area contributed by atoms with Crippen LogP contribution in [0.5, 0.6) is 0 Å². The van der Waals surface area contributed by atoms with Crippen molar-refractivity contribution in [1.29, 1.82) is 0 Å². The Balaban J connectivity index is -0.000000454. The molecule has 0 aromatic carbocycles. The number of rotatable bonds is 15. The van der Waals surface area contributed by atoms with Crippen molar-refractivity contribution in [2.24, 2.45) is 17.8 Å². The van der Waals surface area contributed by atoms with Gasteiger partial charge in [-0.15, -0.1) is 0 Å². The third-order valence-corrected chi connectivity index (χ3v) is 4.14. The zero-order valence-electron chi connectivity index (χ0n) is 22.4. The number of carboxylic acids is 2. The van der Waals surface area contributed by atoms with Crippen LogP contribution >= 0.6 is 0 Å². The van der Waals surface area contributed by atoms with Crippen LogP contribution in [0.3, 0.4) is 0 Å². The average Bonchev–Trinajstić information content (AvgIpc) is 2.76. The number of aliphatic hydroxyl groups excluding tert-OH is 2. The smallest absolute Gasteiger partial charge is 0.330 e. The highest BCUT2D eigenvalue weighted by atomic mass is 16.5. The molecule has 0 saturated carbocycles. The van der Waals surface area contributed by atoms with Crippen LogP contribution in [0.15, 0.2) is 36.5 Å². The predicted molar refractivity (Wildman–Crippen MR) is 139 cm³/mol. The van der Waals surface area contributed by atoms with E-state index in [-0.39, 0.29) is 6.61 Å². The monoisotopic (exact) mass is 500 g/mol. The molecular weight excluding hydrogens is 452 g/mol. The molecule has 0 aliphatic carbocycles. The van der Waals surface area contributed by atoms with Crippen molar-refractivity contribution < 1.29 is 39.5 Å². The van der Waals surface area contributed by atoms with Crippen LogP contribution in [0, 0.1) is 17.8 Å². The average molecular weight is 501 g/mol. The highest BCUT2D eigenvalue weighted by Crippen LogP contribution is 2.04. The number of hydrogen-bond donors (Lipinski definition) is 4. The molecule has 0 saturated heterocycles. The van der Waals surface area contributed by atoms with E-state index in [1.54, 1.807) is 18.2 Å². The Labute approximate surface area is 211 Å². The standard InChI is InChI=1S/C11H20O4.2C8H14O2/c1-9(2)5-3-4-6-11(14)15-8-10(13)7-12;2*1-7(2)5-3-4-6-8(9)10/h4,6,9-10,12-13H,3,5,7-8H2,1-2H3;2*4,6-7H,3,5H2,1-2H3,(H,9,10). The summed E-state index contributed by atoms with van der Waals surface area (Å²) in [5.41, 5.74) is 0. The first-order valence-corrected chi connectivity index (χ1v) is 12.2. The molecule has 0 amide bonds. The molecular formula is C27H48O8. The summed E-state index contributed by atoms with van der Waals surface area (Å²) >= 11 is 0. The first kappa shape index (κ1) is 37.1. The lowest BCUT2D eigenvalue weighted by molar-refractivity contribution is -0.141. The number of carbonyl (C=O) groups excluding carboxylic acids is 1. The molecule has 8 nitrogen and oxygen atoms in total. The van der Waals surface area contributed by atoms with E-state index in [0.29, 0.717) is 17.8 Å². The van der Waals surface area contributed by atoms with E-state index in [4.69, 9.17) is 20.4 Å². The summed E-state index contributed by atoms with van der Waals surface area (Å²) in [7, 11) is 0. The largest absolute Gasteiger partial charge is 0.478 e. The van der Waals surface area contributed by atoms with Crippen LogP contribution in [0.1, 0.15) is 80.1 Å². The molecule has 0 aliphatic rings. The van der Waals surface area contributed by atoms with Gasteiger partial charge in [0.05, 0.1) is 6.61 Å². The van der Waals surface area contributed by atoms with Crippen molar-refractivity contribution in [2.75, 3.05) is 13.2 Å². The minimum absolute atomic E-state index is 0.163. The lowest BCUT2D eigenvalue weighted by Gasteiger charge is -2.06. The number of aliphatic carboxylic acids is 2. The Bertz CT molecular complexity index is 587. The number of allylic oxidation sites excluding steroid dienone is 3. The van der Waals surface area contributed by atoms with E-state index in [1.165, 1.54) is 18.2 Å². The van der Waals surface area contributed by atoms with Gasteiger partial charge in [0.15, 0.2) is 0 Å². The quantitative estimate of drug-likeness (QED) is 0.182. The summed E-state index contributed by atoms with van der Waals surface area (Å²) in [6.45, 7) is 12.1. The third-order valence-electron chi connectivity index (χ3n) is 4.14. The first-order valence-electron chi connectivity index (χ1n) is 12.2. The maximum atomic E-state index is 11.0. The first-order chi connectivity index (χ1) is 16.3. The second kappa shape index (κ2) is 26.2. The third kappa shape index (κ3) is 42.2. The number of ether oxygens (including phenoxy) is 1. The topological polar surface area (TPSA) is 141 Å². The Kier molecular flexibility index (Phi) is 27.7. The molecule has 35 heavy (non-hydrogen) atoms. The fraction of sp³-hybridized carbons (Fsp3) is 0.667. The maximum Gasteiger partial charge on any atom is 0.330 e. The molecule has 0 heterocycles. The van der Waals surface area contributed by atoms with Crippen molar-refractivity contribution >= 4 is 17.9 Å². The summed E-state index contributed by atoms with van der Waals surface area (Å²) in [5, 5.41) is 33.7. The van der Waals surface area contributed by atoms with E-state index in [2.05, 4.69) is 46.3 Å². The predicted octanol–water partition coefficient (Wildman–Crippen LogP) is 5.00. The molecule has 0 rings (SSSR count). The van der Waals surface area contributed by atoms with Crippen LogP contribution in [-0.2, 0) is 19.1 Å². The maximum absolute atomic E-state index is 11.0. The Morgan fingerprint density at radius 3 is 1.31 bits per heavy atom. The fourth-order valence-corrected chi connectivity index (χ4v) is 2.12. The van der Waals surface area contributed by atoms with Gasteiger partial charge in [-0.1, -0.05) is 59.8 Å². The zero-order valence-corrected chi connectivity index (χ0v) is 22.4. The Morgan fingerprint density at radius 2 is 1.03 bits per heavy atom. The van der Waals surface area contributed by atoms with Crippen LogP contribution < -0.4 is 0 Å². The lowest BCUT2D eigenvalue weighted by atomic mass is 10.1. The summed E-state index contributed by atoms with van der Waals surface area (Å²) in [6, 6.07) is 0. The molecule has 0 aromatic heterocycles. The molecule has 0 spiro atoms. The summed E-state index contributed by atoms with van der Waals surface area (Å²) in [5.74, 6) is -0.280. The second-order valence-corrected chi connectivity index (χ2v) is 9.26. The van der Waals surface area contributed by atoms with Crippen LogP contribution in [0.2, 0.25) is 0 Å². The summed E-state index contributed by atoms with van der Waals surface area (Å²) in [4.78, 5) is 30.9. The minimum Gasteiger partial charge on any atom is -0.478 e. The normalized spacial score (nSPS) is 12.1. The van der Waals surface area contributed by atoms with Gasteiger partial charge < -0.3 is 25.2 Å². The summed E-state index contributed by atoms with van der Waals surface area (Å²) in [6.07, 6.45) is 13.6. The van der Waals surface area contributed by atoms with E-state index < -0.39 is 30.6 Å². The van der Waals surface area contributed by atoms with Gasteiger partial charge in [-0.3, -0.25) is 0 Å². The van der Waals surface area contributed by atoms with Gasteiger partial charge in [0, 0.05) is 18.2 Å². The van der Waals surface area contributed by atoms with E-state index in [0.717, 1.165) is 38.5 Å². The van der Waals surface area contributed by atoms with Crippen LogP contribution in [0.25, 0.3) is 0 Å². The number of carboxylic acid groups (broad SMARTS) is 2. The van der Waals surface area contributed by atoms with Gasteiger partial charge in [0.2, 0.25) is 0 Å². The highest BCUT2D eigenvalue weighted by Gasteiger charge is 2.04. The van der Waals surface area contributed by atoms with Crippen molar-refractivity contribution in [1.82, 2.24) is 0 Å². The van der Waals surface area contributed by atoms with Gasteiger partial charge in [0.1, 0.15) is 12.7 Å². The molecule has 4 N–H and O–H groups in total. The van der Waals surface area contributed by atoms with Crippen molar-refractivity contribution in [3.05, 3.63) is 36.5 Å². The van der Waals surface area contributed by atoms with Crippen LogP contribution in [-0.4, -0.2) is 57.7 Å². The van der Waals surface area contributed by atoms with E-state index >= 15 is 0 Å². The van der Waals surface area contributed by atoms with E-state index in [9.17, 15) is 14.4 Å². The van der Waals surface area contributed by atoms with Gasteiger partial charge in [-0.2, -0.15) is 0 Å². The fourth-order valence-electron chi connectivity index (χ4n) is 2.12. The van der Waals surface area contributed by atoms with Crippen molar-refractivity contribution in [3.8, 4) is 0 Å². The van der Waals surface area contributed by atoms with Gasteiger partial charge in [-0.05, 0) is 56.3 Å². The van der Waals surface area contributed by atoms with Crippen molar-refractivity contribution in [2.45, 2.75) is 86.2 Å². The molecule has 0 fully saturated rings. The number of esters is 1. The molecule has 8 heteroatoms. The van der Waals surface area contributed by atoms with Crippen LogP contribution in [0.4, 0.5) is 0 Å². The number of hydrogen-bond acceptors (Lipinski definition) is 6. The number of aliphatic hydroxyl groups is 2. The Hall–Kier alpha value is -2.45. The summed E-state index contributed by atoms with van der Waals surface area (Å²) < 4.78 is 4.67. The lowest BCUT2D eigenvalue weighted by Crippen LogP contribution is -2.21. The molecule has 204 valence electrons. The zero-order chi connectivity index (χ0) is 27.6. The highest BCUT2D eigenvalue weighted by molar-refractivity contribution is 5.81. The number of carbonyl (C=O) groups is 3. The molecule has 1 unspecified atom stereocenters.